The predicted octanol–water partition coefficient (Wildman–Crippen LogP) is 1.78. The van der Waals surface area contributed by atoms with Gasteiger partial charge in [-0.15, -0.1) is 0 Å². The van der Waals surface area contributed by atoms with E-state index < -0.39 is 0 Å². The molecule has 1 aliphatic rings. The third kappa shape index (κ3) is 4.46. The molecule has 1 saturated heterocycles. The van der Waals surface area contributed by atoms with Crippen molar-refractivity contribution in [3.63, 3.8) is 0 Å². The molecule has 0 aliphatic carbocycles. The van der Waals surface area contributed by atoms with Gasteiger partial charge >= 0.3 is 0 Å². The van der Waals surface area contributed by atoms with Crippen LogP contribution in [0.1, 0.15) is 52.4 Å². The summed E-state index contributed by atoms with van der Waals surface area (Å²) in [6.07, 6.45) is 6.00. The van der Waals surface area contributed by atoms with Gasteiger partial charge in [-0.1, -0.05) is 26.7 Å². The summed E-state index contributed by atoms with van der Waals surface area (Å²) in [6.45, 7) is 7.49. The molecule has 1 amide bonds. The minimum Gasteiger partial charge on any atom is -0.395 e. The summed E-state index contributed by atoms with van der Waals surface area (Å²) in [4.78, 5) is 14.8. The van der Waals surface area contributed by atoms with Crippen LogP contribution in [-0.2, 0) is 4.79 Å². The quantitative estimate of drug-likeness (QED) is 0.707. The molecule has 0 aromatic rings. The SMILES string of the molecule is CCCCN(CCO)C(=O)C1(CCC)CCNCC1. The summed E-state index contributed by atoms with van der Waals surface area (Å²) in [5.74, 6) is 0.276. The molecule has 1 rings (SSSR count). The number of nitrogens with one attached hydrogen (secondary N) is 1. The summed E-state index contributed by atoms with van der Waals surface area (Å²) >= 11 is 0. The highest BCUT2D eigenvalue weighted by Crippen LogP contribution is 2.36. The molecule has 1 aliphatic heterocycles. The smallest absolute Gasteiger partial charge is 0.228 e. The minimum atomic E-state index is -0.178. The molecule has 0 aromatic carbocycles. The predicted molar refractivity (Wildman–Crippen MR) is 78.0 cm³/mol. The topological polar surface area (TPSA) is 52.6 Å². The van der Waals surface area contributed by atoms with Crippen LogP contribution in [-0.4, -0.2) is 48.7 Å². The Hall–Kier alpha value is -0.610. The third-order valence-electron chi connectivity index (χ3n) is 4.18. The maximum atomic E-state index is 12.9. The molecule has 1 heterocycles. The van der Waals surface area contributed by atoms with E-state index in [2.05, 4.69) is 19.2 Å². The molecule has 4 heteroatoms. The largest absolute Gasteiger partial charge is 0.395 e. The molecule has 0 aromatic heterocycles. The minimum absolute atomic E-state index is 0.0654. The first-order chi connectivity index (χ1) is 9.20. The average molecular weight is 270 g/mol. The van der Waals surface area contributed by atoms with Gasteiger partial charge in [-0.25, -0.2) is 0 Å². The van der Waals surface area contributed by atoms with Crippen LogP contribution in [0, 0.1) is 5.41 Å². The normalized spacial score (nSPS) is 18.3. The maximum Gasteiger partial charge on any atom is 0.228 e. The van der Waals surface area contributed by atoms with Crippen molar-refractivity contribution < 1.29 is 9.90 Å². The number of amides is 1. The molecule has 0 atom stereocenters. The summed E-state index contributed by atoms with van der Waals surface area (Å²) in [5.41, 5.74) is -0.178. The van der Waals surface area contributed by atoms with Gasteiger partial charge in [0.15, 0.2) is 0 Å². The van der Waals surface area contributed by atoms with Crippen molar-refractivity contribution in [2.75, 3.05) is 32.8 Å². The molecule has 0 spiro atoms. The van der Waals surface area contributed by atoms with Crippen molar-refractivity contribution in [2.45, 2.75) is 52.4 Å². The molecular formula is C15H30N2O2. The monoisotopic (exact) mass is 270 g/mol. The Balaban J connectivity index is 2.76. The van der Waals surface area contributed by atoms with Crippen LogP contribution < -0.4 is 5.32 Å². The Labute approximate surface area is 117 Å². The molecule has 2 N–H and O–H groups in total. The number of hydrogen-bond donors (Lipinski definition) is 2. The highest BCUT2D eigenvalue weighted by molar-refractivity contribution is 5.83. The number of hydrogen-bond acceptors (Lipinski definition) is 3. The fourth-order valence-electron chi connectivity index (χ4n) is 3.07. The first-order valence-corrected chi connectivity index (χ1v) is 7.81. The van der Waals surface area contributed by atoms with E-state index in [-0.39, 0.29) is 17.9 Å². The van der Waals surface area contributed by atoms with Crippen molar-refractivity contribution in [3.8, 4) is 0 Å². The lowest BCUT2D eigenvalue weighted by Crippen LogP contribution is -2.50. The van der Waals surface area contributed by atoms with Gasteiger partial charge in [-0.05, 0) is 38.8 Å². The van der Waals surface area contributed by atoms with E-state index in [0.717, 1.165) is 58.2 Å². The summed E-state index contributed by atoms with van der Waals surface area (Å²) in [6, 6.07) is 0. The van der Waals surface area contributed by atoms with Crippen LogP contribution in [0.25, 0.3) is 0 Å². The number of aliphatic hydroxyl groups excluding tert-OH is 1. The standard InChI is InChI=1S/C15H30N2O2/c1-3-5-11-17(12-13-18)14(19)15(6-4-2)7-9-16-10-8-15/h16,18H,3-13H2,1-2H3. The van der Waals surface area contributed by atoms with Crippen LogP contribution in [0.3, 0.4) is 0 Å². The molecule has 4 nitrogen and oxygen atoms in total. The first kappa shape index (κ1) is 16.4. The van der Waals surface area contributed by atoms with Crippen LogP contribution in [0.15, 0.2) is 0 Å². The molecule has 0 bridgehead atoms. The van der Waals surface area contributed by atoms with Gasteiger partial charge in [0.2, 0.25) is 5.91 Å². The zero-order valence-corrected chi connectivity index (χ0v) is 12.6. The van der Waals surface area contributed by atoms with Crippen LogP contribution in [0.5, 0.6) is 0 Å². The van der Waals surface area contributed by atoms with Crippen molar-refractivity contribution >= 4 is 5.91 Å². The van der Waals surface area contributed by atoms with Gasteiger partial charge < -0.3 is 15.3 Å². The van der Waals surface area contributed by atoms with E-state index in [4.69, 9.17) is 0 Å². The lowest BCUT2D eigenvalue weighted by atomic mass is 9.74. The number of aliphatic hydroxyl groups is 1. The van der Waals surface area contributed by atoms with Gasteiger partial charge in [0.05, 0.1) is 12.0 Å². The zero-order valence-electron chi connectivity index (χ0n) is 12.6. The van der Waals surface area contributed by atoms with Crippen LogP contribution in [0.4, 0.5) is 0 Å². The van der Waals surface area contributed by atoms with Gasteiger partial charge in [-0.3, -0.25) is 4.79 Å². The van der Waals surface area contributed by atoms with E-state index in [1.54, 1.807) is 0 Å². The number of carbonyl (C=O) groups excluding carboxylic acids is 1. The van der Waals surface area contributed by atoms with E-state index >= 15 is 0 Å². The molecule has 0 radical (unpaired) electrons. The molecule has 112 valence electrons. The number of rotatable bonds is 8. The first-order valence-electron chi connectivity index (χ1n) is 7.81. The summed E-state index contributed by atoms with van der Waals surface area (Å²) < 4.78 is 0. The molecule has 0 unspecified atom stereocenters. The third-order valence-corrected chi connectivity index (χ3v) is 4.18. The Morgan fingerprint density at radius 1 is 1.21 bits per heavy atom. The summed E-state index contributed by atoms with van der Waals surface area (Å²) in [7, 11) is 0. The fraction of sp³-hybridized carbons (Fsp3) is 0.933. The number of nitrogens with zero attached hydrogens (tertiary/aromatic N) is 1. The van der Waals surface area contributed by atoms with Gasteiger partial charge in [0, 0.05) is 13.1 Å². The molecule has 19 heavy (non-hydrogen) atoms. The Kier molecular flexibility index (Phi) is 7.39. The molecular weight excluding hydrogens is 240 g/mol. The van der Waals surface area contributed by atoms with Crippen LogP contribution >= 0.6 is 0 Å². The molecule has 0 saturated carbocycles. The Morgan fingerprint density at radius 2 is 1.89 bits per heavy atom. The van der Waals surface area contributed by atoms with Crippen molar-refractivity contribution in [1.29, 1.82) is 0 Å². The van der Waals surface area contributed by atoms with Gasteiger partial charge in [0.1, 0.15) is 0 Å². The fourth-order valence-corrected chi connectivity index (χ4v) is 3.07. The van der Waals surface area contributed by atoms with E-state index in [1.165, 1.54) is 0 Å². The zero-order chi connectivity index (χ0) is 14.1. The van der Waals surface area contributed by atoms with Gasteiger partial charge in [-0.2, -0.15) is 0 Å². The van der Waals surface area contributed by atoms with E-state index in [9.17, 15) is 9.90 Å². The number of unbranched alkanes of at least 4 members (excludes halogenated alkanes) is 1. The Morgan fingerprint density at radius 3 is 2.42 bits per heavy atom. The highest BCUT2D eigenvalue weighted by atomic mass is 16.3. The second kappa shape index (κ2) is 8.54. The van der Waals surface area contributed by atoms with Gasteiger partial charge in [0.25, 0.3) is 0 Å². The number of carbonyl (C=O) groups is 1. The lowest BCUT2D eigenvalue weighted by Gasteiger charge is -2.40. The molecule has 1 fully saturated rings. The van der Waals surface area contributed by atoms with Crippen molar-refractivity contribution in [1.82, 2.24) is 10.2 Å². The average Bonchev–Trinajstić information content (AvgIpc) is 2.44. The van der Waals surface area contributed by atoms with E-state index in [1.807, 2.05) is 4.90 Å². The van der Waals surface area contributed by atoms with Crippen molar-refractivity contribution in [3.05, 3.63) is 0 Å². The highest BCUT2D eigenvalue weighted by Gasteiger charge is 2.40. The number of piperidine rings is 1. The maximum absolute atomic E-state index is 12.9. The van der Waals surface area contributed by atoms with Crippen molar-refractivity contribution in [2.24, 2.45) is 5.41 Å². The lowest BCUT2D eigenvalue weighted by molar-refractivity contribution is -0.145. The second-order valence-electron chi connectivity index (χ2n) is 5.65. The second-order valence-corrected chi connectivity index (χ2v) is 5.65. The van der Waals surface area contributed by atoms with E-state index in [0.29, 0.717) is 6.54 Å². The summed E-state index contributed by atoms with van der Waals surface area (Å²) in [5, 5.41) is 12.5. The Bertz CT molecular complexity index is 257. The van der Waals surface area contributed by atoms with Crippen LogP contribution in [0.2, 0.25) is 0 Å².